The Morgan fingerprint density at radius 3 is 2.18 bits per heavy atom. The first-order valence-corrected chi connectivity index (χ1v) is 10.9. The Kier molecular flexibility index (Phi) is 6.24. The fourth-order valence-corrected chi connectivity index (χ4v) is 4.55. The van der Waals surface area contributed by atoms with Crippen molar-refractivity contribution in [3.8, 4) is 5.75 Å². The van der Waals surface area contributed by atoms with Gasteiger partial charge in [-0.05, 0) is 61.4 Å². The number of sulfonamides is 1. The molecule has 3 rings (SSSR count). The molecule has 150 valence electrons. The molecule has 0 radical (unpaired) electrons. The molecule has 2 aromatic rings. The summed E-state index contributed by atoms with van der Waals surface area (Å²) in [4.78, 5) is 14.6. The molecule has 28 heavy (non-hydrogen) atoms. The third-order valence-electron chi connectivity index (χ3n) is 5.20. The van der Waals surface area contributed by atoms with E-state index in [1.807, 2.05) is 7.05 Å². The van der Waals surface area contributed by atoms with Gasteiger partial charge >= 0.3 is 0 Å². The van der Waals surface area contributed by atoms with E-state index in [2.05, 4.69) is 4.72 Å². The van der Waals surface area contributed by atoms with Crippen LogP contribution in [0.5, 0.6) is 5.75 Å². The van der Waals surface area contributed by atoms with E-state index in [0.29, 0.717) is 17.0 Å². The topological polar surface area (TPSA) is 75.7 Å². The Morgan fingerprint density at radius 2 is 1.61 bits per heavy atom. The minimum atomic E-state index is -3.73. The average molecular weight is 403 g/mol. The number of carbonyl (C=O) groups is 1. The molecule has 0 heterocycles. The van der Waals surface area contributed by atoms with Gasteiger partial charge in [-0.3, -0.25) is 9.52 Å². The first-order chi connectivity index (χ1) is 13.4. The molecule has 0 bridgehead atoms. The van der Waals surface area contributed by atoms with E-state index in [0.717, 1.165) is 25.7 Å². The summed E-state index contributed by atoms with van der Waals surface area (Å²) in [5.41, 5.74) is 0.939. The van der Waals surface area contributed by atoms with Gasteiger partial charge in [0.25, 0.3) is 15.9 Å². The zero-order valence-corrected chi connectivity index (χ0v) is 17.0. The highest BCUT2D eigenvalue weighted by Gasteiger charge is 2.23. The van der Waals surface area contributed by atoms with Gasteiger partial charge in [0.15, 0.2) is 0 Å². The molecule has 0 aromatic heterocycles. The van der Waals surface area contributed by atoms with Crippen molar-refractivity contribution in [3.63, 3.8) is 0 Å². The van der Waals surface area contributed by atoms with E-state index in [9.17, 15) is 13.2 Å². The van der Waals surface area contributed by atoms with Crippen molar-refractivity contribution in [1.29, 1.82) is 0 Å². The Labute approximate surface area is 166 Å². The quantitative estimate of drug-likeness (QED) is 0.795. The van der Waals surface area contributed by atoms with E-state index in [1.165, 1.54) is 18.6 Å². The zero-order chi connectivity index (χ0) is 20.1. The number of benzene rings is 2. The maximum Gasteiger partial charge on any atom is 0.261 e. The van der Waals surface area contributed by atoms with Gasteiger partial charge in [-0.25, -0.2) is 8.42 Å². The molecule has 1 aliphatic carbocycles. The van der Waals surface area contributed by atoms with Crippen molar-refractivity contribution < 1.29 is 17.9 Å². The van der Waals surface area contributed by atoms with Crippen molar-refractivity contribution in [2.24, 2.45) is 0 Å². The lowest BCUT2D eigenvalue weighted by molar-refractivity contribution is 0.0696. The molecular weight excluding hydrogens is 376 g/mol. The van der Waals surface area contributed by atoms with Crippen LogP contribution in [-0.2, 0) is 10.0 Å². The summed E-state index contributed by atoms with van der Waals surface area (Å²) < 4.78 is 32.8. The zero-order valence-electron chi connectivity index (χ0n) is 16.2. The van der Waals surface area contributed by atoms with Gasteiger partial charge in [-0.1, -0.05) is 19.3 Å². The predicted molar refractivity (Wildman–Crippen MR) is 109 cm³/mol. The van der Waals surface area contributed by atoms with E-state index in [1.54, 1.807) is 48.4 Å². The molecular formula is C21H26N2O4S. The van der Waals surface area contributed by atoms with E-state index in [-0.39, 0.29) is 16.8 Å². The first-order valence-electron chi connectivity index (χ1n) is 9.45. The molecule has 0 unspecified atom stereocenters. The predicted octanol–water partition coefficient (Wildman–Crippen LogP) is 3.90. The van der Waals surface area contributed by atoms with Crippen LogP contribution in [0.15, 0.2) is 53.4 Å². The number of ether oxygens (including phenoxy) is 1. The summed E-state index contributed by atoms with van der Waals surface area (Å²) in [5.74, 6) is 0.576. The van der Waals surface area contributed by atoms with E-state index in [4.69, 9.17) is 4.74 Å². The van der Waals surface area contributed by atoms with Crippen molar-refractivity contribution in [2.75, 3.05) is 18.9 Å². The van der Waals surface area contributed by atoms with Gasteiger partial charge in [0, 0.05) is 24.3 Å². The molecule has 0 atom stereocenters. The maximum atomic E-state index is 12.7. The summed E-state index contributed by atoms with van der Waals surface area (Å²) in [7, 11) is -0.355. The molecule has 1 fully saturated rings. The lowest BCUT2D eigenvalue weighted by atomic mass is 9.94. The van der Waals surface area contributed by atoms with Gasteiger partial charge in [-0.15, -0.1) is 0 Å². The van der Waals surface area contributed by atoms with Gasteiger partial charge in [0.1, 0.15) is 5.75 Å². The molecule has 0 aliphatic heterocycles. The highest BCUT2D eigenvalue weighted by molar-refractivity contribution is 7.92. The highest BCUT2D eigenvalue weighted by Crippen LogP contribution is 2.24. The maximum absolute atomic E-state index is 12.7. The summed E-state index contributed by atoms with van der Waals surface area (Å²) >= 11 is 0. The van der Waals surface area contributed by atoms with Crippen molar-refractivity contribution in [3.05, 3.63) is 54.1 Å². The SMILES string of the molecule is COc1ccc(NS(=O)(=O)c2ccc(C(=O)N(C)C3CCCCC3)cc2)cc1. The smallest absolute Gasteiger partial charge is 0.261 e. The Balaban J connectivity index is 1.70. The van der Waals surface area contributed by atoms with Gasteiger partial charge in [0.05, 0.1) is 12.0 Å². The Morgan fingerprint density at radius 1 is 1.00 bits per heavy atom. The van der Waals surface area contributed by atoms with Crippen LogP contribution < -0.4 is 9.46 Å². The van der Waals surface area contributed by atoms with Crippen molar-refractivity contribution >= 4 is 21.6 Å². The van der Waals surface area contributed by atoms with Crippen LogP contribution in [0, 0.1) is 0 Å². The number of rotatable bonds is 6. The molecule has 7 heteroatoms. The number of anilines is 1. The van der Waals surface area contributed by atoms with Crippen LogP contribution in [0.4, 0.5) is 5.69 Å². The molecule has 2 aromatic carbocycles. The monoisotopic (exact) mass is 402 g/mol. The second-order valence-corrected chi connectivity index (χ2v) is 8.75. The number of hydrogen-bond donors (Lipinski definition) is 1. The number of carbonyl (C=O) groups excluding carboxylic acids is 1. The highest BCUT2D eigenvalue weighted by atomic mass is 32.2. The normalized spacial score (nSPS) is 15.1. The average Bonchev–Trinajstić information content (AvgIpc) is 2.73. The van der Waals surface area contributed by atoms with Crippen molar-refractivity contribution in [2.45, 2.75) is 43.0 Å². The Bertz CT molecular complexity index is 902. The standard InChI is InChI=1S/C21H26N2O4S/c1-23(18-6-4-3-5-7-18)21(24)16-8-14-20(15-9-16)28(25,26)22-17-10-12-19(27-2)13-11-17/h8-15,18,22H,3-7H2,1-2H3. The molecule has 1 amide bonds. The van der Waals surface area contributed by atoms with Crippen LogP contribution in [0.2, 0.25) is 0 Å². The molecule has 0 saturated heterocycles. The van der Waals surface area contributed by atoms with E-state index < -0.39 is 10.0 Å². The van der Waals surface area contributed by atoms with Gasteiger partial charge in [-0.2, -0.15) is 0 Å². The third kappa shape index (κ3) is 4.65. The van der Waals surface area contributed by atoms with Crippen LogP contribution in [0.25, 0.3) is 0 Å². The second kappa shape index (κ2) is 8.65. The van der Waals surface area contributed by atoms with Crippen LogP contribution in [0.1, 0.15) is 42.5 Å². The summed E-state index contributed by atoms with van der Waals surface area (Å²) in [6, 6.07) is 13.0. The van der Waals surface area contributed by atoms with Crippen molar-refractivity contribution in [1.82, 2.24) is 4.90 Å². The number of nitrogens with zero attached hydrogens (tertiary/aromatic N) is 1. The first kappa shape index (κ1) is 20.2. The lowest BCUT2D eigenvalue weighted by Gasteiger charge is -2.31. The summed E-state index contributed by atoms with van der Waals surface area (Å²) in [5, 5.41) is 0. The molecule has 6 nitrogen and oxygen atoms in total. The molecule has 1 aliphatic rings. The Hall–Kier alpha value is -2.54. The number of nitrogens with one attached hydrogen (secondary N) is 1. The minimum absolute atomic E-state index is 0.0704. The van der Waals surface area contributed by atoms with Crippen LogP contribution >= 0.6 is 0 Å². The number of methoxy groups -OCH3 is 1. The van der Waals surface area contributed by atoms with Gasteiger partial charge < -0.3 is 9.64 Å². The molecule has 1 N–H and O–H groups in total. The fraction of sp³-hybridized carbons (Fsp3) is 0.381. The number of amides is 1. The third-order valence-corrected chi connectivity index (χ3v) is 6.59. The largest absolute Gasteiger partial charge is 0.497 e. The van der Waals surface area contributed by atoms with Crippen LogP contribution in [-0.4, -0.2) is 39.4 Å². The van der Waals surface area contributed by atoms with E-state index >= 15 is 0 Å². The molecule has 1 saturated carbocycles. The summed E-state index contributed by atoms with van der Waals surface area (Å²) in [6.45, 7) is 0. The fourth-order valence-electron chi connectivity index (χ4n) is 3.49. The second-order valence-electron chi connectivity index (χ2n) is 7.07. The van der Waals surface area contributed by atoms with Gasteiger partial charge in [0.2, 0.25) is 0 Å². The lowest BCUT2D eigenvalue weighted by Crippen LogP contribution is -2.38. The molecule has 0 spiro atoms. The summed E-state index contributed by atoms with van der Waals surface area (Å²) in [6.07, 6.45) is 5.58. The number of hydrogen-bond acceptors (Lipinski definition) is 4. The van der Waals surface area contributed by atoms with Crippen LogP contribution in [0.3, 0.4) is 0 Å². The minimum Gasteiger partial charge on any atom is -0.497 e.